The van der Waals surface area contributed by atoms with Crippen molar-refractivity contribution < 1.29 is 14.8 Å². The number of nitrogens with zero attached hydrogens (tertiary/aromatic N) is 2. The number of anilines is 1. The monoisotopic (exact) mass is 351 g/mol. The zero-order valence-electron chi connectivity index (χ0n) is 10.6. The van der Waals surface area contributed by atoms with Gasteiger partial charge in [-0.2, -0.15) is 0 Å². The molecule has 0 radical (unpaired) electrons. The molecule has 8 heteroatoms. The summed E-state index contributed by atoms with van der Waals surface area (Å²) in [7, 11) is 0. The fourth-order valence-electron chi connectivity index (χ4n) is 1.67. The molecule has 0 aliphatic rings. The molecule has 0 amide bonds. The average molecular weight is 352 g/mol. The van der Waals surface area contributed by atoms with E-state index in [0.29, 0.717) is 6.54 Å². The van der Waals surface area contributed by atoms with Gasteiger partial charge in [0.05, 0.1) is 10.5 Å². The Labute approximate surface area is 127 Å². The molecule has 0 saturated heterocycles. The standard InChI is InChI=1S/C13H10BrN3O4/c14-10-4-2-1-3-8(10)6-15-12-11(17(20)21)5-9(7-16-12)13(18)19/h1-5,7H,6H2,(H,15,16)(H,18,19). The van der Waals surface area contributed by atoms with Crippen LogP contribution in [0.15, 0.2) is 41.0 Å². The van der Waals surface area contributed by atoms with Gasteiger partial charge in [-0.15, -0.1) is 0 Å². The van der Waals surface area contributed by atoms with E-state index in [2.05, 4.69) is 26.2 Å². The number of nitrogens with one attached hydrogen (secondary N) is 1. The SMILES string of the molecule is O=C(O)c1cnc(NCc2ccccc2Br)c([N+](=O)[O-])c1. The maximum absolute atomic E-state index is 11.0. The van der Waals surface area contributed by atoms with Crippen molar-refractivity contribution in [2.24, 2.45) is 0 Å². The van der Waals surface area contributed by atoms with Crippen molar-refractivity contribution in [2.45, 2.75) is 6.54 Å². The molecule has 0 aliphatic heterocycles. The first-order valence-electron chi connectivity index (χ1n) is 5.84. The molecule has 1 aromatic carbocycles. The Morgan fingerprint density at radius 3 is 2.76 bits per heavy atom. The van der Waals surface area contributed by atoms with Gasteiger partial charge in [-0.3, -0.25) is 10.1 Å². The molecule has 0 spiro atoms. The number of nitro groups is 1. The molecule has 21 heavy (non-hydrogen) atoms. The predicted molar refractivity (Wildman–Crippen MR) is 79.3 cm³/mol. The molecule has 0 aliphatic carbocycles. The van der Waals surface area contributed by atoms with Gasteiger partial charge in [0.2, 0.25) is 5.82 Å². The lowest BCUT2D eigenvalue weighted by Gasteiger charge is -2.08. The van der Waals surface area contributed by atoms with E-state index in [4.69, 9.17) is 5.11 Å². The van der Waals surface area contributed by atoms with Crippen LogP contribution in [0.5, 0.6) is 0 Å². The van der Waals surface area contributed by atoms with E-state index < -0.39 is 10.9 Å². The highest BCUT2D eigenvalue weighted by molar-refractivity contribution is 9.10. The number of hydrogen-bond donors (Lipinski definition) is 2. The van der Waals surface area contributed by atoms with Crippen LogP contribution in [0.25, 0.3) is 0 Å². The quantitative estimate of drug-likeness (QED) is 0.633. The summed E-state index contributed by atoms with van der Waals surface area (Å²) in [5.74, 6) is -1.23. The Morgan fingerprint density at radius 2 is 2.14 bits per heavy atom. The molecule has 0 bridgehead atoms. The van der Waals surface area contributed by atoms with Crippen LogP contribution in [0.1, 0.15) is 15.9 Å². The van der Waals surface area contributed by atoms with Crippen LogP contribution < -0.4 is 5.32 Å². The molecule has 2 rings (SSSR count). The highest BCUT2D eigenvalue weighted by Crippen LogP contribution is 2.24. The minimum Gasteiger partial charge on any atom is -0.478 e. The molecule has 0 atom stereocenters. The highest BCUT2D eigenvalue weighted by Gasteiger charge is 2.18. The van der Waals surface area contributed by atoms with Gasteiger partial charge in [0.15, 0.2) is 0 Å². The van der Waals surface area contributed by atoms with Gasteiger partial charge in [0.25, 0.3) is 0 Å². The van der Waals surface area contributed by atoms with Crippen LogP contribution in [-0.2, 0) is 6.54 Å². The van der Waals surface area contributed by atoms with E-state index in [1.807, 2.05) is 24.3 Å². The highest BCUT2D eigenvalue weighted by atomic mass is 79.9. The van der Waals surface area contributed by atoms with E-state index in [1.165, 1.54) is 0 Å². The summed E-state index contributed by atoms with van der Waals surface area (Å²) >= 11 is 3.38. The smallest absolute Gasteiger partial charge is 0.337 e. The lowest BCUT2D eigenvalue weighted by molar-refractivity contribution is -0.384. The molecule has 0 unspecified atom stereocenters. The second-order valence-electron chi connectivity index (χ2n) is 4.10. The van der Waals surface area contributed by atoms with Gasteiger partial charge in [-0.1, -0.05) is 34.1 Å². The van der Waals surface area contributed by atoms with E-state index in [-0.39, 0.29) is 17.1 Å². The molecule has 7 nitrogen and oxygen atoms in total. The van der Waals surface area contributed by atoms with Gasteiger partial charge in [-0.05, 0) is 11.6 Å². The Hall–Kier alpha value is -2.48. The van der Waals surface area contributed by atoms with E-state index in [1.54, 1.807) is 0 Å². The maximum atomic E-state index is 11.0. The second kappa shape index (κ2) is 6.31. The van der Waals surface area contributed by atoms with Crippen LogP contribution in [0, 0.1) is 10.1 Å². The minimum absolute atomic E-state index is 0.0285. The third kappa shape index (κ3) is 3.54. The maximum Gasteiger partial charge on any atom is 0.337 e. The zero-order valence-corrected chi connectivity index (χ0v) is 12.2. The van der Waals surface area contributed by atoms with E-state index >= 15 is 0 Å². The molecule has 108 valence electrons. The summed E-state index contributed by atoms with van der Waals surface area (Å²) in [6, 6.07) is 8.39. The van der Waals surface area contributed by atoms with Crippen LogP contribution in [0.3, 0.4) is 0 Å². The molecule has 2 N–H and O–H groups in total. The van der Waals surface area contributed by atoms with Crippen molar-refractivity contribution in [2.75, 3.05) is 5.32 Å². The average Bonchev–Trinajstić information content (AvgIpc) is 2.46. The first-order valence-corrected chi connectivity index (χ1v) is 6.63. The second-order valence-corrected chi connectivity index (χ2v) is 4.95. The van der Waals surface area contributed by atoms with E-state index in [0.717, 1.165) is 22.3 Å². The van der Waals surface area contributed by atoms with Crippen molar-refractivity contribution in [3.05, 3.63) is 62.2 Å². The Bertz CT molecular complexity index is 706. The number of pyridine rings is 1. The first kappa shape index (κ1) is 14.9. The van der Waals surface area contributed by atoms with Gasteiger partial charge in [0, 0.05) is 23.3 Å². The summed E-state index contributed by atoms with van der Waals surface area (Å²) in [4.78, 5) is 25.0. The number of carbonyl (C=O) groups is 1. The molecule has 0 saturated carbocycles. The van der Waals surface area contributed by atoms with Gasteiger partial charge >= 0.3 is 11.7 Å². The summed E-state index contributed by atoms with van der Waals surface area (Å²) in [5, 5.41) is 22.7. The fourth-order valence-corrected chi connectivity index (χ4v) is 2.09. The Morgan fingerprint density at radius 1 is 1.43 bits per heavy atom. The molecule has 2 aromatic rings. The predicted octanol–water partition coefficient (Wildman–Crippen LogP) is 3.06. The molecular formula is C13H10BrN3O4. The number of aromatic carboxylic acids is 1. The zero-order chi connectivity index (χ0) is 15.4. The lowest BCUT2D eigenvalue weighted by atomic mass is 10.2. The topological polar surface area (TPSA) is 105 Å². The van der Waals surface area contributed by atoms with Crippen molar-refractivity contribution in [3.63, 3.8) is 0 Å². The first-order chi connectivity index (χ1) is 9.99. The van der Waals surface area contributed by atoms with Gasteiger partial charge in [-0.25, -0.2) is 9.78 Å². The molecular weight excluding hydrogens is 342 g/mol. The van der Waals surface area contributed by atoms with Crippen molar-refractivity contribution in [3.8, 4) is 0 Å². The summed E-state index contributed by atoms with van der Waals surface area (Å²) < 4.78 is 0.863. The molecule has 1 aromatic heterocycles. The third-order valence-corrected chi connectivity index (χ3v) is 3.49. The summed E-state index contributed by atoms with van der Waals surface area (Å²) in [5.41, 5.74) is 0.297. The van der Waals surface area contributed by atoms with Crippen molar-refractivity contribution in [1.82, 2.24) is 4.98 Å². The summed E-state index contributed by atoms with van der Waals surface area (Å²) in [6.07, 6.45) is 1.08. The molecule has 0 fully saturated rings. The van der Waals surface area contributed by atoms with E-state index in [9.17, 15) is 14.9 Å². The van der Waals surface area contributed by atoms with Gasteiger partial charge < -0.3 is 10.4 Å². The normalized spacial score (nSPS) is 10.1. The minimum atomic E-state index is -1.26. The Kier molecular flexibility index (Phi) is 4.49. The van der Waals surface area contributed by atoms with Crippen LogP contribution in [-0.4, -0.2) is 21.0 Å². The van der Waals surface area contributed by atoms with Crippen LogP contribution in [0.4, 0.5) is 11.5 Å². The van der Waals surface area contributed by atoms with Crippen LogP contribution in [0.2, 0.25) is 0 Å². The molecule has 1 heterocycles. The number of rotatable bonds is 5. The number of aromatic nitrogens is 1. The van der Waals surface area contributed by atoms with Gasteiger partial charge in [0.1, 0.15) is 0 Å². The number of carboxylic acid groups (broad SMARTS) is 1. The third-order valence-electron chi connectivity index (χ3n) is 2.72. The number of hydrogen-bond acceptors (Lipinski definition) is 5. The number of benzene rings is 1. The lowest BCUT2D eigenvalue weighted by Crippen LogP contribution is -2.07. The Balaban J connectivity index is 2.26. The fraction of sp³-hybridized carbons (Fsp3) is 0.0769. The largest absolute Gasteiger partial charge is 0.478 e. The number of carboxylic acids is 1. The number of halogens is 1. The van der Waals surface area contributed by atoms with Crippen molar-refractivity contribution in [1.29, 1.82) is 0 Å². The summed E-state index contributed by atoms with van der Waals surface area (Å²) in [6.45, 7) is 0.321. The van der Waals surface area contributed by atoms with Crippen LogP contribution >= 0.6 is 15.9 Å². The van der Waals surface area contributed by atoms with Crippen molar-refractivity contribution >= 4 is 33.4 Å².